The number of H-pyrrole nitrogens is 3. The Kier molecular flexibility index (Phi) is 25.4. The van der Waals surface area contributed by atoms with Crippen molar-refractivity contribution in [1.29, 1.82) is 0 Å². The van der Waals surface area contributed by atoms with Gasteiger partial charge in [-0.2, -0.15) is 23.5 Å². The highest BCUT2D eigenvalue weighted by Crippen LogP contribution is 2.32. The molecule has 0 unspecified atom stereocenters. The first-order valence-electron chi connectivity index (χ1n) is 32.3. The number of hydrogen-bond acceptors (Lipinski definition) is 16. The van der Waals surface area contributed by atoms with E-state index >= 15 is 19.2 Å². The molecule has 9 rings (SSSR count). The minimum atomic E-state index is -2.05. The molecule has 100 heavy (non-hydrogen) atoms. The fourth-order valence-corrected chi connectivity index (χ4v) is 13.9. The molecule has 7 aromatic rings. The Morgan fingerprint density at radius 1 is 0.660 bits per heavy atom. The summed E-state index contributed by atoms with van der Waals surface area (Å²) in [4.78, 5) is 171. The van der Waals surface area contributed by atoms with E-state index in [1.807, 2.05) is 24.3 Å². The number of halogens is 2. The third-order valence-corrected chi connectivity index (χ3v) is 19.4. The molecule has 3 aromatic heterocycles. The van der Waals surface area contributed by atoms with E-state index in [0.29, 0.717) is 57.6 Å². The molecule has 5 heterocycles. The van der Waals surface area contributed by atoms with Gasteiger partial charge in [-0.15, -0.1) is 0 Å². The number of aromatic amines is 3. The summed E-state index contributed by atoms with van der Waals surface area (Å²) in [5.41, 5.74) is 14.0. The Morgan fingerprint density at radius 3 is 1.84 bits per heavy atom. The van der Waals surface area contributed by atoms with Crippen LogP contribution >= 0.6 is 23.5 Å². The number of primary amides is 1. The summed E-state index contributed by atoms with van der Waals surface area (Å²) in [6.07, 6.45) is 3.73. The lowest BCUT2D eigenvalue weighted by Gasteiger charge is -2.37. The summed E-state index contributed by atoms with van der Waals surface area (Å²) >= 11 is 2.78. The van der Waals surface area contributed by atoms with Gasteiger partial charge in [-0.05, 0) is 115 Å². The first kappa shape index (κ1) is 73.9. The van der Waals surface area contributed by atoms with Crippen LogP contribution < -0.4 is 54.0 Å². The molecule has 8 atom stereocenters. The van der Waals surface area contributed by atoms with Crippen LogP contribution in [0.4, 0.5) is 8.78 Å². The number of fused-ring (bicyclic) bond motifs is 5. The molecule has 0 spiro atoms. The van der Waals surface area contributed by atoms with Crippen molar-refractivity contribution in [3.63, 3.8) is 0 Å². The van der Waals surface area contributed by atoms with Crippen LogP contribution in [0.15, 0.2) is 110 Å². The number of aromatic nitrogens is 4. The van der Waals surface area contributed by atoms with Crippen LogP contribution in [0, 0.1) is 11.6 Å². The van der Waals surface area contributed by atoms with Crippen LogP contribution in [0.1, 0.15) is 79.0 Å². The number of nitrogens with zero attached hydrogens (tertiary/aromatic N) is 2. The number of phenolic OH excluding ortho intramolecular Hbond substituents is 1. The lowest BCUT2D eigenvalue weighted by Crippen LogP contribution is -2.63. The number of amides is 10. The predicted molar refractivity (Wildman–Crippen MR) is 367 cm³/mol. The van der Waals surface area contributed by atoms with Gasteiger partial charge in [-0.25, -0.2) is 13.8 Å². The Morgan fingerprint density at radius 2 is 1.24 bits per heavy atom. The first-order valence-corrected chi connectivity index (χ1v) is 34.7. The molecule has 2 aliphatic rings. The number of carbonyl (C=O) groups excluding carboxylic acids is 10. The molecular formula is C68H79F2N15O13S2. The number of nitrogens with one attached hydrogen (secondary N) is 11. The van der Waals surface area contributed by atoms with Crippen LogP contribution in [0.25, 0.3) is 21.8 Å². The average molecular weight is 1420 g/mol. The van der Waals surface area contributed by atoms with Gasteiger partial charge in [0.1, 0.15) is 65.2 Å². The lowest BCUT2D eigenvalue weighted by molar-refractivity contribution is -0.147. The van der Waals surface area contributed by atoms with Gasteiger partial charge in [0.15, 0.2) is 0 Å². The second kappa shape index (κ2) is 34.4. The lowest BCUT2D eigenvalue weighted by atomic mass is 9.95. The van der Waals surface area contributed by atoms with Crippen molar-refractivity contribution in [1.82, 2.24) is 67.4 Å². The topological polar surface area (TPSA) is 440 Å². The van der Waals surface area contributed by atoms with Gasteiger partial charge < -0.3 is 84.1 Å². The average Bonchev–Trinajstić information content (AvgIpc) is 1.57. The molecule has 28 nitrogen and oxygen atoms in total. The van der Waals surface area contributed by atoms with Crippen molar-refractivity contribution in [2.24, 2.45) is 11.5 Å². The van der Waals surface area contributed by atoms with Crippen LogP contribution in [0.3, 0.4) is 0 Å². The second-order valence-corrected chi connectivity index (χ2v) is 26.9. The number of carbonyl (C=O) groups is 11. The van der Waals surface area contributed by atoms with E-state index in [2.05, 4.69) is 62.5 Å². The van der Waals surface area contributed by atoms with Crippen LogP contribution in [0.2, 0.25) is 0 Å². The Hall–Kier alpha value is -10.3. The highest BCUT2D eigenvalue weighted by Gasteiger charge is 2.49. The van der Waals surface area contributed by atoms with Gasteiger partial charge >= 0.3 is 5.97 Å². The van der Waals surface area contributed by atoms with Gasteiger partial charge in [-0.1, -0.05) is 36.4 Å². The summed E-state index contributed by atoms with van der Waals surface area (Å²) in [6, 6.07) is 9.90. The number of imidazole rings is 1. The van der Waals surface area contributed by atoms with E-state index in [0.717, 1.165) is 17.2 Å². The summed E-state index contributed by atoms with van der Waals surface area (Å²) in [6.45, 7) is 0.941. The predicted octanol–water partition coefficient (Wildman–Crippen LogP) is 1.79. The number of phenols is 1. The number of aromatic hydroxyl groups is 1. The van der Waals surface area contributed by atoms with E-state index in [1.165, 1.54) is 115 Å². The van der Waals surface area contributed by atoms with Crippen LogP contribution in [0.5, 0.6) is 5.75 Å². The monoisotopic (exact) mass is 1420 g/mol. The highest BCUT2D eigenvalue weighted by atomic mass is 32.2. The maximum Gasteiger partial charge on any atom is 0.305 e. The molecule has 2 bridgehead atoms. The first-order chi connectivity index (χ1) is 47.9. The van der Waals surface area contributed by atoms with E-state index in [4.69, 9.17) is 11.5 Å². The summed E-state index contributed by atoms with van der Waals surface area (Å²) in [5.74, 6) is -10.8. The summed E-state index contributed by atoms with van der Waals surface area (Å²) in [5, 5.41) is 42.0. The molecule has 0 aliphatic carbocycles. The van der Waals surface area contributed by atoms with E-state index in [-0.39, 0.29) is 79.8 Å². The molecule has 2 aliphatic heterocycles. The largest absolute Gasteiger partial charge is 0.508 e. The molecule has 4 aromatic carbocycles. The molecule has 17 N–H and O–H groups in total. The molecular weight excluding hydrogens is 1340 g/mol. The maximum atomic E-state index is 15.2. The minimum absolute atomic E-state index is 0.000542. The van der Waals surface area contributed by atoms with Crippen molar-refractivity contribution in [2.45, 2.75) is 130 Å². The quantitative estimate of drug-likeness (QED) is 0.0738. The number of carboxylic acid groups (broad SMARTS) is 1. The SMILES string of the molecule is C[C@@]12CCCN1C(=O)[C@H](Cc1ccc(O)cc1)NC(=O)[C@H](Cc1cnc[nH]1)NC(=O)[C@H](CC(=O)O)NC(=O)[C@H](Cc1c[nH]c3ccc(F)cc13)NC(=O)[C@H](Cc1c[nH]c3ccc(F)cc13)NC(=O)CNC(=O)[C@H](CCCN)NC(=O)CCSCc1cccc(c1)CSC[C@@H](C(N)=O)NC2=O. The number of nitrogens with two attached hydrogens (primary N) is 2. The zero-order chi connectivity index (χ0) is 71.6. The van der Waals surface area contributed by atoms with E-state index in [1.54, 1.807) is 0 Å². The fourth-order valence-electron chi connectivity index (χ4n) is 12.0. The van der Waals surface area contributed by atoms with Crippen molar-refractivity contribution in [3.8, 4) is 5.75 Å². The molecule has 10 amide bonds. The smallest absolute Gasteiger partial charge is 0.305 e. The summed E-state index contributed by atoms with van der Waals surface area (Å²) < 4.78 is 29.8. The Balaban J connectivity index is 1.06. The maximum absolute atomic E-state index is 15.2. The minimum Gasteiger partial charge on any atom is -0.508 e. The molecule has 0 radical (unpaired) electrons. The van der Waals surface area contributed by atoms with E-state index in [9.17, 15) is 52.6 Å². The third kappa shape index (κ3) is 19.9. The second-order valence-electron chi connectivity index (χ2n) is 24.7. The molecule has 1 saturated heterocycles. The number of thioether (sulfide) groups is 2. The van der Waals surface area contributed by atoms with Crippen molar-refractivity contribution in [2.75, 3.05) is 31.1 Å². The number of carboxylic acids is 1. The number of aliphatic carboxylic acids is 1. The van der Waals surface area contributed by atoms with Crippen molar-refractivity contribution >= 4 is 110 Å². The van der Waals surface area contributed by atoms with Gasteiger partial charge in [0.25, 0.3) is 0 Å². The van der Waals surface area contributed by atoms with Gasteiger partial charge in [0.2, 0.25) is 59.1 Å². The van der Waals surface area contributed by atoms with Gasteiger partial charge in [0.05, 0.1) is 19.3 Å². The molecule has 32 heteroatoms. The third-order valence-electron chi connectivity index (χ3n) is 17.3. The normalized spacial score (nSPS) is 22.8. The van der Waals surface area contributed by atoms with Crippen LogP contribution in [-0.2, 0) is 89.9 Å². The fraction of sp³-hybridized carbons (Fsp3) is 0.382. The zero-order valence-electron chi connectivity index (χ0n) is 54.5. The van der Waals surface area contributed by atoms with Gasteiger partial charge in [-0.3, -0.25) is 52.7 Å². The molecule has 0 saturated carbocycles. The number of rotatable bonds is 14. The van der Waals surface area contributed by atoms with Crippen molar-refractivity contribution < 1.29 is 71.7 Å². The van der Waals surface area contributed by atoms with E-state index < -0.39 is 144 Å². The highest BCUT2D eigenvalue weighted by molar-refractivity contribution is 7.98. The van der Waals surface area contributed by atoms with Gasteiger partial charge in [0, 0.05) is 108 Å². The summed E-state index contributed by atoms with van der Waals surface area (Å²) in [7, 11) is 0. The van der Waals surface area contributed by atoms with Crippen LogP contribution in [-0.4, -0.2) is 179 Å². The molecule has 1 fully saturated rings. The molecule has 530 valence electrons. The number of benzene rings is 4. The standard InChI is InChI=1S/C68H79F2N15O13S2/c1-68-17-4-19-85(68)66(97)55(22-37-8-12-45(86)13-9-37)83-64(95)53(27-44-31-73-36-77-44)81-65(96)54(28-59(89)90)82-63(94)52(24-41-30-75-49-15-11-43(70)26-47(41)49)80-62(93)51(23-40-29-74-48-14-10-42(69)25-46(40)48)79-58(88)32-76-61(92)50(7-3-18-71)78-57(87)16-20-99-33-38-5-2-6-39(21-38)34-100-35-56(60(72)91)84-67(68)98/h2,5-6,8-15,21,25-26,29-31,36,50-56,74-75,86H,3-4,7,16-20,22-24,27-28,32-35,71H2,1H3,(H2,72,91)(H,73,77)(H,76,92)(H,78,87)(H,79,88)(H,80,93)(H,81,96)(H,82,94)(H,83,95)(H,84,98)(H,89,90)/t50-,51-,52-,53-,54-,55-,56-,68-/m0/s1. The number of hydrogen-bond donors (Lipinski definition) is 15. The zero-order valence-corrected chi connectivity index (χ0v) is 56.1. The Bertz CT molecular complexity index is 4140. The van der Waals surface area contributed by atoms with Crippen molar-refractivity contribution in [3.05, 3.63) is 155 Å². The Labute approximate surface area is 580 Å².